The summed E-state index contributed by atoms with van der Waals surface area (Å²) in [7, 11) is 0. The molecule has 0 unspecified atom stereocenters. The lowest BCUT2D eigenvalue weighted by molar-refractivity contribution is 0.0497. The highest BCUT2D eigenvalue weighted by atomic mass is 16.2. The Bertz CT molecular complexity index is 762. The molecule has 5 nitrogen and oxygen atoms in total. The van der Waals surface area contributed by atoms with Crippen molar-refractivity contribution in [1.82, 2.24) is 19.8 Å². The van der Waals surface area contributed by atoms with E-state index in [1.807, 2.05) is 23.2 Å². The SMILES string of the molecule is O=C(c1c[nH]c2ncccc12)N1CCN([C@H]2C[C@H]3CC[C@H]2C3)CC1. The monoisotopic (exact) mass is 324 g/mol. The normalized spacial score (nSPS) is 30.3. The number of H-pyrrole nitrogens is 1. The van der Waals surface area contributed by atoms with Gasteiger partial charge >= 0.3 is 0 Å². The van der Waals surface area contributed by atoms with Crippen molar-refractivity contribution in [2.75, 3.05) is 26.2 Å². The third-order valence-electron chi connectivity index (χ3n) is 6.45. The van der Waals surface area contributed by atoms with Gasteiger partial charge in [0, 0.05) is 50.0 Å². The Morgan fingerprint density at radius 3 is 2.79 bits per heavy atom. The van der Waals surface area contributed by atoms with Crippen molar-refractivity contribution >= 4 is 16.9 Å². The largest absolute Gasteiger partial charge is 0.345 e. The van der Waals surface area contributed by atoms with Gasteiger partial charge in [-0.25, -0.2) is 4.98 Å². The summed E-state index contributed by atoms with van der Waals surface area (Å²) in [5.74, 6) is 2.05. The van der Waals surface area contributed by atoms with Crippen molar-refractivity contribution in [2.45, 2.75) is 31.7 Å². The molecule has 2 aliphatic carbocycles. The quantitative estimate of drug-likeness (QED) is 0.923. The molecule has 5 rings (SSSR count). The number of aromatic nitrogens is 2. The first-order chi connectivity index (χ1) is 11.8. The second-order valence-electron chi connectivity index (χ2n) is 7.67. The number of fused-ring (bicyclic) bond motifs is 3. The van der Waals surface area contributed by atoms with Crippen LogP contribution in [0.4, 0.5) is 0 Å². The van der Waals surface area contributed by atoms with Gasteiger partial charge in [-0.05, 0) is 43.2 Å². The van der Waals surface area contributed by atoms with Crippen LogP contribution in [0, 0.1) is 11.8 Å². The number of piperazine rings is 1. The molecule has 0 radical (unpaired) electrons. The van der Waals surface area contributed by atoms with E-state index >= 15 is 0 Å². The van der Waals surface area contributed by atoms with Gasteiger partial charge in [-0.3, -0.25) is 9.69 Å². The zero-order valence-corrected chi connectivity index (χ0v) is 13.9. The van der Waals surface area contributed by atoms with Crippen molar-refractivity contribution in [3.05, 3.63) is 30.1 Å². The van der Waals surface area contributed by atoms with Crippen LogP contribution in [-0.4, -0.2) is 57.9 Å². The van der Waals surface area contributed by atoms with E-state index in [2.05, 4.69) is 14.9 Å². The minimum absolute atomic E-state index is 0.141. The lowest BCUT2D eigenvalue weighted by Gasteiger charge is -2.41. The molecule has 3 aliphatic rings. The zero-order chi connectivity index (χ0) is 16.1. The summed E-state index contributed by atoms with van der Waals surface area (Å²) in [5.41, 5.74) is 1.55. The second-order valence-corrected chi connectivity index (χ2v) is 7.67. The minimum atomic E-state index is 0.141. The van der Waals surface area contributed by atoms with Gasteiger partial charge in [0.05, 0.1) is 5.56 Å². The van der Waals surface area contributed by atoms with E-state index in [0.717, 1.165) is 60.7 Å². The summed E-state index contributed by atoms with van der Waals surface area (Å²) in [6.07, 6.45) is 9.29. The van der Waals surface area contributed by atoms with Gasteiger partial charge in [0.1, 0.15) is 5.65 Å². The first kappa shape index (κ1) is 14.5. The van der Waals surface area contributed by atoms with Gasteiger partial charge in [-0.15, -0.1) is 0 Å². The summed E-state index contributed by atoms with van der Waals surface area (Å²) in [6.45, 7) is 3.75. The Hall–Kier alpha value is -1.88. The molecule has 2 aromatic heterocycles. The van der Waals surface area contributed by atoms with E-state index in [4.69, 9.17) is 0 Å². The fourth-order valence-electron chi connectivity index (χ4n) is 5.22. The molecular formula is C19H24N4O. The third-order valence-corrected chi connectivity index (χ3v) is 6.45. The summed E-state index contributed by atoms with van der Waals surface area (Å²) in [4.78, 5) is 25.0. The van der Waals surface area contributed by atoms with E-state index in [1.54, 1.807) is 6.20 Å². The molecule has 1 amide bonds. The van der Waals surface area contributed by atoms with E-state index in [-0.39, 0.29) is 5.91 Å². The highest BCUT2D eigenvalue weighted by Gasteiger charge is 2.43. The average Bonchev–Trinajstić information content (AvgIpc) is 3.36. The van der Waals surface area contributed by atoms with Gasteiger partial charge in [-0.2, -0.15) is 0 Å². The molecule has 3 atom stereocenters. The fourth-order valence-corrected chi connectivity index (χ4v) is 5.22. The Kier molecular flexibility index (Phi) is 3.37. The fraction of sp³-hybridized carbons (Fsp3) is 0.579. The topological polar surface area (TPSA) is 52.2 Å². The Morgan fingerprint density at radius 2 is 2.04 bits per heavy atom. The van der Waals surface area contributed by atoms with Crippen LogP contribution in [0.25, 0.3) is 11.0 Å². The maximum Gasteiger partial charge on any atom is 0.256 e. The van der Waals surface area contributed by atoms with Crippen LogP contribution in [0.5, 0.6) is 0 Å². The van der Waals surface area contributed by atoms with Gasteiger partial charge < -0.3 is 9.88 Å². The van der Waals surface area contributed by atoms with E-state index < -0.39 is 0 Å². The molecule has 126 valence electrons. The number of hydrogen-bond donors (Lipinski definition) is 1. The van der Waals surface area contributed by atoms with Crippen LogP contribution in [0.15, 0.2) is 24.5 Å². The summed E-state index contributed by atoms with van der Waals surface area (Å²) < 4.78 is 0. The summed E-state index contributed by atoms with van der Waals surface area (Å²) in [6, 6.07) is 4.65. The van der Waals surface area contributed by atoms with Crippen molar-refractivity contribution in [2.24, 2.45) is 11.8 Å². The molecule has 2 aromatic rings. The lowest BCUT2D eigenvalue weighted by atomic mass is 9.93. The molecule has 1 N–H and O–H groups in total. The van der Waals surface area contributed by atoms with Crippen LogP contribution in [-0.2, 0) is 0 Å². The highest BCUT2D eigenvalue weighted by Crippen LogP contribution is 2.46. The first-order valence-electron chi connectivity index (χ1n) is 9.25. The number of aromatic amines is 1. The Labute approximate surface area is 142 Å². The molecular weight excluding hydrogens is 300 g/mol. The Balaban J connectivity index is 1.27. The van der Waals surface area contributed by atoms with Gasteiger partial charge in [-0.1, -0.05) is 6.42 Å². The van der Waals surface area contributed by atoms with Gasteiger partial charge in [0.15, 0.2) is 0 Å². The van der Waals surface area contributed by atoms with Crippen LogP contribution in [0.3, 0.4) is 0 Å². The number of carbonyl (C=O) groups excluding carboxylic acids is 1. The van der Waals surface area contributed by atoms with Crippen molar-refractivity contribution < 1.29 is 4.79 Å². The van der Waals surface area contributed by atoms with E-state index in [0.29, 0.717) is 0 Å². The van der Waals surface area contributed by atoms with Crippen LogP contribution >= 0.6 is 0 Å². The predicted molar refractivity (Wildman–Crippen MR) is 92.8 cm³/mol. The minimum Gasteiger partial charge on any atom is -0.345 e. The van der Waals surface area contributed by atoms with Crippen molar-refractivity contribution in [3.8, 4) is 0 Å². The maximum atomic E-state index is 12.9. The molecule has 1 aliphatic heterocycles. The molecule has 0 spiro atoms. The van der Waals surface area contributed by atoms with Crippen LogP contribution in [0.2, 0.25) is 0 Å². The van der Waals surface area contributed by atoms with E-state index in [1.165, 1.54) is 25.7 Å². The number of carbonyl (C=O) groups is 1. The first-order valence-corrected chi connectivity index (χ1v) is 9.25. The number of nitrogens with one attached hydrogen (secondary N) is 1. The summed E-state index contributed by atoms with van der Waals surface area (Å²) in [5, 5.41) is 0.929. The third kappa shape index (κ3) is 2.25. The maximum absolute atomic E-state index is 12.9. The Morgan fingerprint density at radius 1 is 1.17 bits per heavy atom. The summed E-state index contributed by atoms with van der Waals surface area (Å²) >= 11 is 0. The van der Waals surface area contributed by atoms with Gasteiger partial charge in [0.25, 0.3) is 5.91 Å². The molecule has 3 fully saturated rings. The molecule has 24 heavy (non-hydrogen) atoms. The number of amides is 1. The van der Waals surface area contributed by atoms with E-state index in [9.17, 15) is 4.79 Å². The van der Waals surface area contributed by atoms with Crippen LogP contribution < -0.4 is 0 Å². The lowest BCUT2D eigenvalue weighted by Crippen LogP contribution is -2.53. The average molecular weight is 324 g/mol. The molecule has 2 bridgehead atoms. The molecule has 3 heterocycles. The second kappa shape index (κ2) is 5.59. The van der Waals surface area contributed by atoms with Crippen molar-refractivity contribution in [1.29, 1.82) is 0 Å². The molecule has 2 saturated carbocycles. The number of nitrogens with zero attached hydrogens (tertiary/aromatic N) is 3. The zero-order valence-electron chi connectivity index (χ0n) is 13.9. The standard InChI is InChI=1S/C19H24N4O/c24-19(16-12-21-18-15(16)2-1-5-20-18)23-8-6-22(7-9-23)17-11-13-3-4-14(17)10-13/h1-2,5,12-14,17H,3-4,6-11H2,(H,20,21)/t13-,14-,17-/m0/s1. The molecule has 1 saturated heterocycles. The molecule has 0 aromatic carbocycles. The molecule has 5 heteroatoms. The number of pyridine rings is 1. The van der Waals surface area contributed by atoms with Gasteiger partial charge in [0.2, 0.25) is 0 Å². The smallest absolute Gasteiger partial charge is 0.256 e. The number of rotatable bonds is 2. The highest BCUT2D eigenvalue weighted by molar-refractivity contribution is 6.05. The number of hydrogen-bond acceptors (Lipinski definition) is 3. The predicted octanol–water partition coefficient (Wildman–Crippen LogP) is 2.51. The van der Waals surface area contributed by atoms with Crippen molar-refractivity contribution in [3.63, 3.8) is 0 Å². The van der Waals surface area contributed by atoms with Crippen LogP contribution in [0.1, 0.15) is 36.0 Å².